The Bertz CT molecular complexity index is 521. The molecule has 1 aromatic carbocycles. The molecule has 1 aromatic rings. The first kappa shape index (κ1) is 17.4. The molecule has 1 aliphatic carbocycles. The Morgan fingerprint density at radius 3 is 2.50 bits per heavy atom. The van der Waals surface area contributed by atoms with Crippen LogP contribution in [-0.2, 0) is 18.4 Å². The van der Waals surface area contributed by atoms with E-state index in [0.29, 0.717) is 18.3 Å². The highest BCUT2D eigenvalue weighted by atomic mass is 31.2. The van der Waals surface area contributed by atoms with E-state index in [1.807, 2.05) is 6.07 Å². The zero-order valence-corrected chi connectivity index (χ0v) is 14.3. The second kappa shape index (κ2) is 8.05. The molecule has 4 nitrogen and oxygen atoms in total. The lowest BCUT2D eigenvalue weighted by Crippen LogP contribution is -2.19. The van der Waals surface area contributed by atoms with Crippen molar-refractivity contribution in [1.29, 1.82) is 0 Å². The number of carbonyl (C=O) groups excluding carboxylic acids is 1. The van der Waals surface area contributed by atoms with E-state index in [1.165, 1.54) is 26.2 Å². The Kier molecular flexibility index (Phi) is 6.37. The highest BCUT2D eigenvalue weighted by molar-refractivity contribution is 7.54. The van der Waals surface area contributed by atoms with Crippen molar-refractivity contribution in [3.05, 3.63) is 35.9 Å². The lowest BCUT2D eigenvalue weighted by molar-refractivity contribution is -0.118. The fourth-order valence-electron chi connectivity index (χ4n) is 3.31. The Balaban J connectivity index is 1.90. The molecule has 0 amide bonds. The van der Waals surface area contributed by atoms with Gasteiger partial charge in [0.15, 0.2) is 0 Å². The Labute approximate surface area is 132 Å². The standard InChI is InChI=1S/C17H25O4P/c1-20-22(19,21-2)13-17(18)12-14-7-6-10-16(11-14)15-8-4-3-5-9-15/h3-5,8-9,14,16H,6-7,10-13H2,1-2H3. The topological polar surface area (TPSA) is 52.6 Å². The van der Waals surface area contributed by atoms with Crippen LogP contribution in [0.15, 0.2) is 30.3 Å². The second-order valence-corrected chi connectivity index (χ2v) is 8.29. The highest BCUT2D eigenvalue weighted by Crippen LogP contribution is 2.47. The molecule has 0 saturated heterocycles. The highest BCUT2D eigenvalue weighted by Gasteiger charge is 2.29. The Hall–Kier alpha value is -0.960. The van der Waals surface area contributed by atoms with E-state index >= 15 is 0 Å². The summed E-state index contributed by atoms with van der Waals surface area (Å²) in [7, 11) is -0.582. The average molecular weight is 324 g/mol. The molecule has 2 rings (SSSR count). The molecule has 1 saturated carbocycles. The molecule has 22 heavy (non-hydrogen) atoms. The van der Waals surface area contributed by atoms with Crippen molar-refractivity contribution in [2.24, 2.45) is 5.92 Å². The largest absolute Gasteiger partial charge is 0.337 e. The van der Waals surface area contributed by atoms with E-state index in [1.54, 1.807) is 0 Å². The van der Waals surface area contributed by atoms with Crippen LogP contribution in [0.5, 0.6) is 0 Å². The number of hydrogen-bond acceptors (Lipinski definition) is 4. The molecular formula is C17H25O4P. The van der Waals surface area contributed by atoms with Crippen LogP contribution in [0.4, 0.5) is 0 Å². The zero-order chi connectivity index (χ0) is 16.0. The number of ketones is 1. The summed E-state index contributed by atoms with van der Waals surface area (Å²) < 4.78 is 21.7. The van der Waals surface area contributed by atoms with Gasteiger partial charge in [0.2, 0.25) is 0 Å². The summed E-state index contributed by atoms with van der Waals surface area (Å²) in [6.45, 7) is 0. The van der Waals surface area contributed by atoms with Gasteiger partial charge in [-0.2, -0.15) is 0 Å². The van der Waals surface area contributed by atoms with Crippen molar-refractivity contribution in [2.45, 2.75) is 38.0 Å². The fourth-order valence-corrected chi connectivity index (χ4v) is 4.28. The first-order valence-electron chi connectivity index (χ1n) is 7.83. The quantitative estimate of drug-likeness (QED) is 0.697. The van der Waals surface area contributed by atoms with E-state index in [2.05, 4.69) is 24.3 Å². The first-order valence-corrected chi connectivity index (χ1v) is 9.56. The van der Waals surface area contributed by atoms with Gasteiger partial charge in [0.05, 0.1) is 0 Å². The third-order valence-electron chi connectivity index (χ3n) is 4.50. The van der Waals surface area contributed by atoms with Gasteiger partial charge in [0.1, 0.15) is 11.9 Å². The minimum Gasteiger partial charge on any atom is -0.312 e. The number of rotatable bonds is 7. The summed E-state index contributed by atoms with van der Waals surface area (Å²) >= 11 is 0. The van der Waals surface area contributed by atoms with Crippen LogP contribution in [0.1, 0.15) is 43.6 Å². The van der Waals surface area contributed by atoms with Crippen LogP contribution in [0.2, 0.25) is 0 Å². The maximum atomic E-state index is 12.2. The molecule has 1 aliphatic rings. The smallest absolute Gasteiger partial charge is 0.312 e. The van der Waals surface area contributed by atoms with Gasteiger partial charge in [-0.3, -0.25) is 9.36 Å². The van der Waals surface area contributed by atoms with E-state index in [-0.39, 0.29) is 11.9 Å². The maximum absolute atomic E-state index is 12.2. The predicted molar refractivity (Wildman–Crippen MR) is 87.3 cm³/mol. The van der Waals surface area contributed by atoms with Gasteiger partial charge >= 0.3 is 7.60 Å². The van der Waals surface area contributed by atoms with Crippen molar-refractivity contribution in [3.8, 4) is 0 Å². The van der Waals surface area contributed by atoms with E-state index in [9.17, 15) is 9.36 Å². The first-order chi connectivity index (χ1) is 10.6. The molecular weight excluding hydrogens is 299 g/mol. The third kappa shape index (κ3) is 4.77. The van der Waals surface area contributed by atoms with Crippen LogP contribution in [0.3, 0.4) is 0 Å². The molecule has 0 bridgehead atoms. The molecule has 122 valence electrons. The molecule has 0 aliphatic heterocycles. The van der Waals surface area contributed by atoms with Crippen molar-refractivity contribution in [3.63, 3.8) is 0 Å². The van der Waals surface area contributed by atoms with Crippen molar-refractivity contribution >= 4 is 13.4 Å². The average Bonchev–Trinajstić information content (AvgIpc) is 2.55. The van der Waals surface area contributed by atoms with Gasteiger partial charge in [-0.15, -0.1) is 0 Å². The number of benzene rings is 1. The molecule has 0 aromatic heterocycles. The Morgan fingerprint density at radius 2 is 1.86 bits per heavy atom. The van der Waals surface area contributed by atoms with Crippen LogP contribution < -0.4 is 0 Å². The minimum absolute atomic E-state index is 0.0225. The third-order valence-corrected chi connectivity index (χ3v) is 6.35. The predicted octanol–water partition coefficient (Wildman–Crippen LogP) is 4.41. The van der Waals surface area contributed by atoms with Crippen molar-refractivity contribution in [1.82, 2.24) is 0 Å². The Morgan fingerprint density at radius 1 is 1.18 bits per heavy atom. The monoisotopic (exact) mass is 324 g/mol. The van der Waals surface area contributed by atoms with Crippen LogP contribution in [-0.4, -0.2) is 26.2 Å². The molecule has 5 heteroatoms. The molecule has 0 radical (unpaired) electrons. The fraction of sp³-hybridized carbons (Fsp3) is 0.588. The molecule has 2 atom stereocenters. The van der Waals surface area contributed by atoms with Gasteiger partial charge in [-0.25, -0.2) is 0 Å². The molecule has 0 spiro atoms. The summed E-state index contributed by atoms with van der Waals surface area (Å²) in [4.78, 5) is 12.2. The van der Waals surface area contributed by atoms with Gasteiger partial charge < -0.3 is 9.05 Å². The minimum atomic E-state index is -3.23. The number of carbonyl (C=O) groups is 1. The maximum Gasteiger partial charge on any atom is 0.337 e. The lowest BCUT2D eigenvalue weighted by Gasteiger charge is -2.29. The summed E-state index contributed by atoms with van der Waals surface area (Å²) in [5.74, 6) is 0.878. The lowest BCUT2D eigenvalue weighted by atomic mass is 9.76. The molecule has 0 N–H and O–H groups in total. The van der Waals surface area contributed by atoms with E-state index < -0.39 is 7.60 Å². The van der Waals surface area contributed by atoms with Crippen LogP contribution in [0.25, 0.3) is 0 Å². The number of Topliss-reactive ketones (excluding diaryl/α,β-unsaturated/α-hetero) is 1. The van der Waals surface area contributed by atoms with Crippen LogP contribution >= 0.6 is 7.60 Å². The van der Waals surface area contributed by atoms with Crippen molar-refractivity contribution in [2.75, 3.05) is 20.4 Å². The van der Waals surface area contributed by atoms with Crippen LogP contribution in [0, 0.1) is 5.92 Å². The van der Waals surface area contributed by atoms with Gasteiger partial charge in [-0.1, -0.05) is 36.8 Å². The summed E-state index contributed by atoms with van der Waals surface area (Å²) in [6, 6.07) is 10.5. The SMILES string of the molecule is COP(=O)(CC(=O)CC1CCCC(c2ccccc2)C1)OC. The summed E-state index contributed by atoms with van der Waals surface area (Å²) in [6.07, 6.45) is 4.78. The van der Waals surface area contributed by atoms with Gasteiger partial charge in [0, 0.05) is 20.6 Å². The summed E-state index contributed by atoms with van der Waals surface area (Å²) in [5, 5.41) is 0. The van der Waals surface area contributed by atoms with E-state index in [0.717, 1.165) is 19.3 Å². The molecule has 1 fully saturated rings. The molecule has 2 unspecified atom stereocenters. The van der Waals surface area contributed by atoms with Gasteiger partial charge in [0.25, 0.3) is 0 Å². The normalized spacial score (nSPS) is 22.5. The zero-order valence-electron chi connectivity index (χ0n) is 13.4. The van der Waals surface area contributed by atoms with Crippen molar-refractivity contribution < 1.29 is 18.4 Å². The molecule has 0 heterocycles. The second-order valence-electron chi connectivity index (χ2n) is 6.02. The van der Waals surface area contributed by atoms with Gasteiger partial charge in [-0.05, 0) is 36.7 Å². The van der Waals surface area contributed by atoms with E-state index in [4.69, 9.17) is 9.05 Å². The number of hydrogen-bond donors (Lipinski definition) is 0. The summed E-state index contributed by atoms with van der Waals surface area (Å²) in [5.41, 5.74) is 1.36.